The Hall–Kier alpha value is -3.88. The molecular formula is C24H26N4O5. The molecule has 1 amide bonds. The van der Waals surface area contributed by atoms with Gasteiger partial charge < -0.3 is 14.8 Å². The van der Waals surface area contributed by atoms with E-state index >= 15 is 0 Å². The third kappa shape index (κ3) is 4.82. The van der Waals surface area contributed by atoms with Crippen molar-refractivity contribution in [3.05, 3.63) is 64.3 Å². The summed E-state index contributed by atoms with van der Waals surface area (Å²) < 4.78 is 12.2. The molecule has 1 saturated carbocycles. The van der Waals surface area contributed by atoms with Crippen molar-refractivity contribution in [1.29, 1.82) is 0 Å². The molecule has 0 aliphatic heterocycles. The molecule has 9 nitrogen and oxygen atoms in total. The third-order valence-electron chi connectivity index (χ3n) is 5.85. The standard InChI is InChI=1S/C24H26N4O5/c1-32-19-11-12-20(23(14-19)33-2)21-15-22(24(29)25-16-7-4-3-5-8-16)27(26-21)17-9-6-10-18(13-17)28(30)31/h6,9-16H,3-5,7-8H2,1-2H3,(H,25,29). The Morgan fingerprint density at radius 1 is 1.09 bits per heavy atom. The minimum Gasteiger partial charge on any atom is -0.497 e. The van der Waals surface area contributed by atoms with Gasteiger partial charge in [0.05, 0.1) is 30.5 Å². The van der Waals surface area contributed by atoms with Crippen LogP contribution in [0.1, 0.15) is 42.6 Å². The quantitative estimate of drug-likeness (QED) is 0.419. The van der Waals surface area contributed by atoms with Gasteiger partial charge >= 0.3 is 0 Å². The summed E-state index contributed by atoms with van der Waals surface area (Å²) in [5, 5.41) is 19.1. The maximum Gasteiger partial charge on any atom is 0.271 e. The molecule has 0 bridgehead atoms. The number of nitro benzene ring substituents is 1. The number of rotatable bonds is 7. The second-order valence-electron chi connectivity index (χ2n) is 7.98. The van der Waals surface area contributed by atoms with Gasteiger partial charge in [-0.25, -0.2) is 4.68 Å². The summed E-state index contributed by atoms with van der Waals surface area (Å²) in [5.74, 6) is 0.904. The Kier molecular flexibility index (Phi) is 6.58. The molecule has 4 rings (SSSR count). The fourth-order valence-electron chi connectivity index (χ4n) is 4.13. The van der Waals surface area contributed by atoms with Crippen LogP contribution in [0.2, 0.25) is 0 Å². The van der Waals surface area contributed by atoms with E-state index < -0.39 is 4.92 Å². The summed E-state index contributed by atoms with van der Waals surface area (Å²) in [6, 6.07) is 13.2. The minimum atomic E-state index is -0.470. The first kappa shape index (κ1) is 22.3. The van der Waals surface area contributed by atoms with E-state index in [0.29, 0.717) is 34.1 Å². The molecule has 0 unspecified atom stereocenters. The fraction of sp³-hybridized carbons (Fsp3) is 0.333. The van der Waals surface area contributed by atoms with Gasteiger partial charge in [-0.3, -0.25) is 14.9 Å². The number of carbonyl (C=O) groups is 1. The number of hydrogen-bond acceptors (Lipinski definition) is 6. The molecule has 1 fully saturated rings. The van der Waals surface area contributed by atoms with Crippen LogP contribution >= 0.6 is 0 Å². The number of methoxy groups -OCH3 is 2. The van der Waals surface area contributed by atoms with Crippen LogP contribution in [0.4, 0.5) is 5.69 Å². The highest BCUT2D eigenvalue weighted by molar-refractivity contribution is 5.94. The van der Waals surface area contributed by atoms with Gasteiger partial charge in [0.2, 0.25) is 0 Å². The molecule has 1 N–H and O–H groups in total. The number of aromatic nitrogens is 2. The predicted molar refractivity (Wildman–Crippen MR) is 123 cm³/mol. The highest BCUT2D eigenvalue weighted by atomic mass is 16.6. The lowest BCUT2D eigenvalue weighted by atomic mass is 9.95. The lowest BCUT2D eigenvalue weighted by Gasteiger charge is -2.22. The molecule has 9 heteroatoms. The van der Waals surface area contributed by atoms with Crippen LogP contribution in [0.15, 0.2) is 48.5 Å². The first-order valence-electron chi connectivity index (χ1n) is 10.9. The summed E-state index contributed by atoms with van der Waals surface area (Å²) >= 11 is 0. The number of ether oxygens (including phenoxy) is 2. The molecule has 33 heavy (non-hydrogen) atoms. The van der Waals surface area contributed by atoms with Crippen molar-refractivity contribution >= 4 is 11.6 Å². The maximum absolute atomic E-state index is 13.3. The average Bonchev–Trinajstić information content (AvgIpc) is 3.30. The molecule has 172 valence electrons. The number of nitrogens with one attached hydrogen (secondary N) is 1. The van der Waals surface area contributed by atoms with E-state index in [9.17, 15) is 14.9 Å². The molecule has 0 spiro atoms. The van der Waals surface area contributed by atoms with Gasteiger partial charge in [0.25, 0.3) is 11.6 Å². The van der Waals surface area contributed by atoms with E-state index in [-0.39, 0.29) is 17.6 Å². The first-order valence-corrected chi connectivity index (χ1v) is 10.9. The van der Waals surface area contributed by atoms with Crippen LogP contribution in [0.5, 0.6) is 11.5 Å². The second-order valence-corrected chi connectivity index (χ2v) is 7.98. The van der Waals surface area contributed by atoms with Crippen LogP contribution in [-0.2, 0) is 0 Å². The summed E-state index contributed by atoms with van der Waals surface area (Å²) in [6.07, 6.45) is 5.23. The number of non-ortho nitro benzene ring substituents is 1. The van der Waals surface area contributed by atoms with Gasteiger partial charge in [0, 0.05) is 29.8 Å². The largest absolute Gasteiger partial charge is 0.497 e. The number of amides is 1. The zero-order valence-electron chi connectivity index (χ0n) is 18.6. The Labute approximate surface area is 191 Å². The molecule has 0 saturated heterocycles. The average molecular weight is 450 g/mol. The third-order valence-corrected chi connectivity index (χ3v) is 5.85. The van der Waals surface area contributed by atoms with Crippen molar-refractivity contribution in [1.82, 2.24) is 15.1 Å². The van der Waals surface area contributed by atoms with Gasteiger partial charge in [0.1, 0.15) is 17.2 Å². The Morgan fingerprint density at radius 2 is 1.88 bits per heavy atom. The molecular weight excluding hydrogens is 424 g/mol. The van der Waals surface area contributed by atoms with Gasteiger partial charge in [-0.15, -0.1) is 0 Å². The first-order chi connectivity index (χ1) is 16.0. The number of carbonyl (C=O) groups excluding carboxylic acids is 1. The van der Waals surface area contributed by atoms with Crippen LogP contribution in [0, 0.1) is 10.1 Å². The van der Waals surface area contributed by atoms with Gasteiger partial charge in [-0.2, -0.15) is 5.10 Å². The smallest absolute Gasteiger partial charge is 0.271 e. The normalized spacial score (nSPS) is 14.0. The van der Waals surface area contributed by atoms with Crippen molar-refractivity contribution in [3.8, 4) is 28.4 Å². The van der Waals surface area contributed by atoms with Crippen molar-refractivity contribution in [2.75, 3.05) is 14.2 Å². The summed E-state index contributed by atoms with van der Waals surface area (Å²) in [5.41, 5.74) is 1.83. The lowest BCUT2D eigenvalue weighted by molar-refractivity contribution is -0.384. The van der Waals surface area contributed by atoms with Gasteiger partial charge in [-0.1, -0.05) is 25.3 Å². The molecule has 1 aliphatic carbocycles. The zero-order chi connectivity index (χ0) is 23.4. The highest BCUT2D eigenvalue weighted by Crippen LogP contribution is 2.34. The molecule has 0 radical (unpaired) electrons. The van der Waals surface area contributed by atoms with Crippen LogP contribution in [0.3, 0.4) is 0 Å². The van der Waals surface area contributed by atoms with E-state index in [4.69, 9.17) is 9.47 Å². The van der Waals surface area contributed by atoms with Crippen molar-refractivity contribution < 1.29 is 19.2 Å². The van der Waals surface area contributed by atoms with Gasteiger partial charge in [0.15, 0.2) is 0 Å². The molecule has 0 atom stereocenters. The second kappa shape index (κ2) is 9.72. The van der Waals surface area contributed by atoms with Crippen molar-refractivity contribution in [2.24, 2.45) is 0 Å². The number of nitrogens with zero attached hydrogens (tertiary/aromatic N) is 3. The molecule has 1 aromatic heterocycles. The number of nitro groups is 1. The Morgan fingerprint density at radius 3 is 2.58 bits per heavy atom. The zero-order valence-corrected chi connectivity index (χ0v) is 18.6. The summed E-state index contributed by atoms with van der Waals surface area (Å²) in [4.78, 5) is 24.1. The maximum atomic E-state index is 13.3. The van der Waals surface area contributed by atoms with Crippen LogP contribution < -0.4 is 14.8 Å². The molecule has 2 aromatic carbocycles. The number of benzene rings is 2. The monoisotopic (exact) mass is 450 g/mol. The van der Waals surface area contributed by atoms with Crippen molar-refractivity contribution in [3.63, 3.8) is 0 Å². The van der Waals surface area contributed by atoms with E-state index in [0.717, 1.165) is 25.7 Å². The molecule has 1 heterocycles. The van der Waals surface area contributed by atoms with Crippen molar-refractivity contribution in [2.45, 2.75) is 38.1 Å². The van der Waals surface area contributed by atoms with E-state index in [1.165, 1.54) is 23.2 Å². The van der Waals surface area contributed by atoms with E-state index in [1.54, 1.807) is 50.6 Å². The lowest BCUT2D eigenvalue weighted by Crippen LogP contribution is -2.37. The molecule has 3 aromatic rings. The SMILES string of the molecule is COc1ccc(-c2cc(C(=O)NC3CCCCC3)n(-c3cccc([N+](=O)[O-])c3)n2)c(OC)c1. The van der Waals surface area contributed by atoms with E-state index in [2.05, 4.69) is 10.4 Å². The fourth-order valence-corrected chi connectivity index (χ4v) is 4.13. The van der Waals surface area contributed by atoms with E-state index in [1.807, 2.05) is 0 Å². The van der Waals surface area contributed by atoms with Crippen LogP contribution in [-0.4, -0.2) is 40.9 Å². The summed E-state index contributed by atoms with van der Waals surface area (Å²) in [7, 11) is 3.12. The summed E-state index contributed by atoms with van der Waals surface area (Å²) in [6.45, 7) is 0. The Bertz CT molecular complexity index is 1170. The molecule has 1 aliphatic rings. The number of hydrogen-bond donors (Lipinski definition) is 1. The van der Waals surface area contributed by atoms with Crippen LogP contribution in [0.25, 0.3) is 16.9 Å². The topological polar surface area (TPSA) is 109 Å². The Balaban J connectivity index is 1.79. The predicted octanol–water partition coefficient (Wildman–Crippen LogP) is 4.53. The van der Waals surface area contributed by atoms with Gasteiger partial charge in [-0.05, 0) is 37.1 Å². The minimum absolute atomic E-state index is 0.0785. The highest BCUT2D eigenvalue weighted by Gasteiger charge is 2.23.